The first-order chi connectivity index (χ1) is 7.22. The summed E-state index contributed by atoms with van der Waals surface area (Å²) in [5, 5.41) is 0. The lowest BCUT2D eigenvalue weighted by molar-refractivity contribution is 0.0731. The molecule has 1 aliphatic heterocycles. The van der Waals surface area contributed by atoms with Gasteiger partial charge < -0.3 is 4.74 Å². The van der Waals surface area contributed by atoms with E-state index in [2.05, 4.69) is 13.8 Å². The number of thiocarbonyl (C=S) groups is 1. The first-order valence-electron chi connectivity index (χ1n) is 6.08. The van der Waals surface area contributed by atoms with Crippen LogP contribution in [0.2, 0.25) is 0 Å². The van der Waals surface area contributed by atoms with Gasteiger partial charge in [-0.3, -0.25) is 0 Å². The van der Waals surface area contributed by atoms with Crippen LogP contribution in [0.15, 0.2) is 0 Å². The molecule has 1 saturated heterocycles. The van der Waals surface area contributed by atoms with Crippen LogP contribution < -0.4 is 0 Å². The first-order valence-corrected chi connectivity index (χ1v) is 7.47. The zero-order valence-electron chi connectivity index (χ0n) is 9.88. The molecule has 88 valence electrons. The van der Waals surface area contributed by atoms with E-state index in [1.165, 1.54) is 44.9 Å². The van der Waals surface area contributed by atoms with Gasteiger partial charge in [0.2, 0.25) is 4.38 Å². The molecule has 3 heteroatoms. The van der Waals surface area contributed by atoms with E-state index < -0.39 is 0 Å². The van der Waals surface area contributed by atoms with E-state index in [1.54, 1.807) is 11.8 Å². The third-order valence-corrected chi connectivity index (χ3v) is 4.40. The normalized spacial score (nSPS) is 25.6. The van der Waals surface area contributed by atoms with Crippen molar-refractivity contribution in [2.24, 2.45) is 0 Å². The Morgan fingerprint density at radius 3 is 2.40 bits per heavy atom. The smallest absolute Gasteiger partial charge is 0.220 e. The predicted molar refractivity (Wildman–Crippen MR) is 72.5 cm³/mol. The molecule has 1 unspecified atom stereocenters. The molecule has 1 fully saturated rings. The number of unbranched alkanes of at least 4 members (excludes halogenated alkanes) is 3. The fraction of sp³-hybridized carbons (Fsp3) is 0.917. The molecule has 0 aromatic heterocycles. The van der Waals surface area contributed by atoms with Gasteiger partial charge in [-0.1, -0.05) is 44.9 Å². The van der Waals surface area contributed by atoms with E-state index in [9.17, 15) is 0 Å². The average molecular weight is 246 g/mol. The Morgan fingerprint density at radius 2 is 1.87 bits per heavy atom. The van der Waals surface area contributed by atoms with Crippen molar-refractivity contribution in [2.45, 2.75) is 64.4 Å². The van der Waals surface area contributed by atoms with Crippen molar-refractivity contribution in [1.29, 1.82) is 0 Å². The van der Waals surface area contributed by atoms with Gasteiger partial charge in [0.05, 0.1) is 0 Å². The van der Waals surface area contributed by atoms with Crippen LogP contribution in [0.1, 0.15) is 58.8 Å². The molecule has 1 atom stereocenters. The topological polar surface area (TPSA) is 9.23 Å². The van der Waals surface area contributed by atoms with Gasteiger partial charge in [-0.15, -0.1) is 0 Å². The maximum atomic E-state index is 5.89. The molecular weight excluding hydrogens is 224 g/mol. The molecule has 1 rings (SSSR count). The zero-order valence-corrected chi connectivity index (χ0v) is 11.5. The van der Waals surface area contributed by atoms with E-state index in [4.69, 9.17) is 17.0 Å². The summed E-state index contributed by atoms with van der Waals surface area (Å²) in [7, 11) is 0. The molecule has 0 spiro atoms. The van der Waals surface area contributed by atoms with Crippen molar-refractivity contribution in [3.8, 4) is 0 Å². The van der Waals surface area contributed by atoms with Gasteiger partial charge in [0.25, 0.3) is 0 Å². The monoisotopic (exact) mass is 246 g/mol. The summed E-state index contributed by atoms with van der Waals surface area (Å²) in [6.07, 6.45) is 8.75. The van der Waals surface area contributed by atoms with Crippen LogP contribution in [0.3, 0.4) is 0 Å². The van der Waals surface area contributed by atoms with Gasteiger partial charge in [0.15, 0.2) is 0 Å². The predicted octanol–water partition coefficient (Wildman–Crippen LogP) is 4.54. The highest BCUT2D eigenvalue weighted by Crippen LogP contribution is 2.37. The van der Waals surface area contributed by atoms with Crippen LogP contribution in [0.4, 0.5) is 0 Å². The molecule has 15 heavy (non-hydrogen) atoms. The van der Waals surface area contributed by atoms with Crippen LogP contribution in [-0.2, 0) is 4.74 Å². The molecule has 0 amide bonds. The second kappa shape index (κ2) is 6.74. The zero-order chi connectivity index (χ0) is 11.1. The Hall–Kier alpha value is 0.240. The van der Waals surface area contributed by atoms with Crippen LogP contribution in [0.25, 0.3) is 0 Å². The largest absolute Gasteiger partial charge is 0.471 e. The molecule has 0 bridgehead atoms. The van der Waals surface area contributed by atoms with Crippen LogP contribution >= 0.6 is 24.0 Å². The SMILES string of the molecule is CCCCCC1(CCCC)CSC(=S)O1. The fourth-order valence-corrected chi connectivity index (χ4v) is 3.31. The van der Waals surface area contributed by atoms with Crippen LogP contribution in [0, 0.1) is 0 Å². The molecule has 1 aliphatic rings. The maximum absolute atomic E-state index is 5.89. The molecule has 0 aliphatic carbocycles. The second-order valence-electron chi connectivity index (χ2n) is 4.38. The molecule has 0 aromatic rings. The highest BCUT2D eigenvalue weighted by Gasteiger charge is 2.37. The minimum atomic E-state index is 0.0902. The van der Waals surface area contributed by atoms with Gasteiger partial charge in [0, 0.05) is 5.75 Å². The van der Waals surface area contributed by atoms with E-state index in [-0.39, 0.29) is 5.60 Å². The van der Waals surface area contributed by atoms with Gasteiger partial charge in [-0.25, -0.2) is 0 Å². The molecule has 0 aromatic carbocycles. The second-order valence-corrected chi connectivity index (χ2v) is 5.96. The Labute approximate surface area is 103 Å². The summed E-state index contributed by atoms with van der Waals surface area (Å²) < 4.78 is 6.66. The molecule has 1 heterocycles. The average Bonchev–Trinajstić information content (AvgIpc) is 2.59. The Balaban J connectivity index is 2.41. The summed E-state index contributed by atoms with van der Waals surface area (Å²) in [6, 6.07) is 0. The number of ether oxygens (including phenoxy) is 1. The Morgan fingerprint density at radius 1 is 1.20 bits per heavy atom. The van der Waals surface area contributed by atoms with Crippen LogP contribution in [0.5, 0.6) is 0 Å². The molecule has 0 N–H and O–H groups in total. The van der Waals surface area contributed by atoms with Crippen molar-refractivity contribution in [3.63, 3.8) is 0 Å². The number of rotatable bonds is 7. The lowest BCUT2D eigenvalue weighted by Crippen LogP contribution is -2.31. The fourth-order valence-electron chi connectivity index (χ4n) is 1.99. The third-order valence-electron chi connectivity index (χ3n) is 2.97. The molecule has 0 saturated carbocycles. The summed E-state index contributed by atoms with van der Waals surface area (Å²) in [5.41, 5.74) is 0.0902. The van der Waals surface area contributed by atoms with Gasteiger partial charge in [-0.05, 0) is 37.9 Å². The highest BCUT2D eigenvalue weighted by molar-refractivity contribution is 8.22. The molecule has 1 nitrogen and oxygen atoms in total. The number of thioether (sulfide) groups is 1. The Kier molecular flexibility index (Phi) is 5.98. The quantitative estimate of drug-likeness (QED) is 0.482. The van der Waals surface area contributed by atoms with E-state index in [0.29, 0.717) is 0 Å². The van der Waals surface area contributed by atoms with Crippen molar-refractivity contribution in [2.75, 3.05) is 5.75 Å². The van der Waals surface area contributed by atoms with Gasteiger partial charge >= 0.3 is 0 Å². The first kappa shape index (κ1) is 13.3. The van der Waals surface area contributed by atoms with Crippen molar-refractivity contribution in [3.05, 3.63) is 0 Å². The van der Waals surface area contributed by atoms with Gasteiger partial charge in [-0.2, -0.15) is 0 Å². The number of hydrogen-bond donors (Lipinski definition) is 0. The summed E-state index contributed by atoms with van der Waals surface area (Å²) in [6.45, 7) is 4.48. The minimum Gasteiger partial charge on any atom is -0.471 e. The molecular formula is C12H22OS2. The standard InChI is InChI=1S/C12H22OS2/c1-3-5-7-9-12(8-6-4-2)10-15-11(14)13-12/h3-10H2,1-2H3. The summed E-state index contributed by atoms with van der Waals surface area (Å²) in [4.78, 5) is 0. The number of hydrogen-bond acceptors (Lipinski definition) is 3. The summed E-state index contributed by atoms with van der Waals surface area (Å²) in [5.74, 6) is 1.08. The van der Waals surface area contributed by atoms with E-state index >= 15 is 0 Å². The van der Waals surface area contributed by atoms with E-state index in [1.807, 2.05) is 0 Å². The highest BCUT2D eigenvalue weighted by atomic mass is 32.2. The molecule has 0 radical (unpaired) electrons. The lowest BCUT2D eigenvalue weighted by Gasteiger charge is -2.27. The maximum Gasteiger partial charge on any atom is 0.220 e. The van der Waals surface area contributed by atoms with Gasteiger partial charge in [0.1, 0.15) is 5.60 Å². The van der Waals surface area contributed by atoms with Crippen molar-refractivity contribution < 1.29 is 4.74 Å². The van der Waals surface area contributed by atoms with Crippen LogP contribution in [-0.4, -0.2) is 15.7 Å². The van der Waals surface area contributed by atoms with Crippen molar-refractivity contribution >= 4 is 28.4 Å². The Bertz CT molecular complexity index is 206. The van der Waals surface area contributed by atoms with E-state index in [0.717, 1.165) is 10.1 Å². The summed E-state index contributed by atoms with van der Waals surface area (Å²) >= 11 is 6.86. The lowest BCUT2D eigenvalue weighted by atomic mass is 9.92. The third kappa shape index (κ3) is 4.31. The van der Waals surface area contributed by atoms with Crippen molar-refractivity contribution in [1.82, 2.24) is 0 Å². The minimum absolute atomic E-state index is 0.0902.